The summed E-state index contributed by atoms with van der Waals surface area (Å²) in [6.45, 7) is 1.91. The van der Waals surface area contributed by atoms with Gasteiger partial charge in [-0.3, -0.25) is 14.4 Å². The number of aliphatic hydroxyl groups is 1. The minimum Gasteiger partial charge on any atom is -0.393 e. The number of aromatic amines is 1. The number of carbonyl (C=O) groups excluding carboxylic acids is 2. The van der Waals surface area contributed by atoms with Gasteiger partial charge < -0.3 is 20.7 Å². The van der Waals surface area contributed by atoms with Crippen LogP contribution in [-0.2, 0) is 4.79 Å². The van der Waals surface area contributed by atoms with Gasteiger partial charge in [-0.05, 0) is 50.7 Å². The zero-order chi connectivity index (χ0) is 20.3. The van der Waals surface area contributed by atoms with Gasteiger partial charge in [0.15, 0.2) is 0 Å². The van der Waals surface area contributed by atoms with Crippen molar-refractivity contribution in [3.8, 4) is 0 Å². The summed E-state index contributed by atoms with van der Waals surface area (Å²) in [6, 6.07) is 5.10. The molecule has 3 fully saturated rings. The summed E-state index contributed by atoms with van der Waals surface area (Å²) in [6.07, 6.45) is 4.90. The van der Waals surface area contributed by atoms with Gasteiger partial charge in [0.2, 0.25) is 11.3 Å². The largest absolute Gasteiger partial charge is 0.393 e. The van der Waals surface area contributed by atoms with Crippen LogP contribution in [0.4, 0.5) is 0 Å². The van der Waals surface area contributed by atoms with Gasteiger partial charge in [-0.2, -0.15) is 0 Å². The Balaban J connectivity index is 1.30. The highest BCUT2D eigenvalue weighted by atomic mass is 16.3. The number of fused-ring (bicyclic) bond motifs is 2. The minimum atomic E-state index is -0.415. The van der Waals surface area contributed by atoms with Crippen LogP contribution < -0.4 is 16.1 Å². The fraction of sp³-hybridized carbons (Fsp3) is 0.500. The van der Waals surface area contributed by atoms with E-state index in [1.54, 1.807) is 12.1 Å². The molecule has 0 radical (unpaired) electrons. The predicted molar refractivity (Wildman–Crippen MR) is 108 cm³/mol. The molecule has 0 bridgehead atoms. The van der Waals surface area contributed by atoms with E-state index in [1.807, 2.05) is 13.0 Å². The predicted octanol–water partition coefficient (Wildman–Crippen LogP) is 1.37. The first-order valence-corrected chi connectivity index (χ1v) is 10.3. The van der Waals surface area contributed by atoms with E-state index in [2.05, 4.69) is 15.6 Å². The molecular formula is C22H25N3O4. The summed E-state index contributed by atoms with van der Waals surface area (Å²) >= 11 is 0. The lowest BCUT2D eigenvalue weighted by molar-refractivity contribution is -0.134. The van der Waals surface area contributed by atoms with Crippen molar-refractivity contribution >= 4 is 22.7 Å². The molecule has 0 spiro atoms. The summed E-state index contributed by atoms with van der Waals surface area (Å²) in [4.78, 5) is 41.3. The van der Waals surface area contributed by atoms with Gasteiger partial charge in [0, 0.05) is 29.6 Å². The van der Waals surface area contributed by atoms with Gasteiger partial charge in [-0.25, -0.2) is 0 Å². The van der Waals surface area contributed by atoms with Gasteiger partial charge in [0.25, 0.3) is 5.91 Å². The Bertz CT molecular complexity index is 1080. The van der Waals surface area contributed by atoms with Crippen molar-refractivity contribution in [2.75, 3.05) is 0 Å². The van der Waals surface area contributed by atoms with Crippen LogP contribution in [0, 0.1) is 18.3 Å². The summed E-state index contributed by atoms with van der Waals surface area (Å²) < 4.78 is 0. The van der Waals surface area contributed by atoms with E-state index in [0.717, 1.165) is 36.8 Å². The van der Waals surface area contributed by atoms with Crippen molar-refractivity contribution in [3.63, 3.8) is 0 Å². The van der Waals surface area contributed by atoms with E-state index < -0.39 is 5.91 Å². The molecule has 7 heteroatoms. The number of aliphatic hydroxyl groups excluding tert-OH is 1. The number of hydrogen-bond acceptors (Lipinski definition) is 4. The molecule has 3 aliphatic rings. The van der Waals surface area contributed by atoms with Gasteiger partial charge in [0.05, 0.1) is 17.0 Å². The zero-order valence-electron chi connectivity index (χ0n) is 16.3. The van der Waals surface area contributed by atoms with E-state index in [0.29, 0.717) is 11.8 Å². The third-order valence-electron chi connectivity index (χ3n) is 7.14. The number of nitrogens with one attached hydrogen (secondary N) is 3. The van der Waals surface area contributed by atoms with Crippen molar-refractivity contribution < 1.29 is 14.7 Å². The van der Waals surface area contributed by atoms with Crippen LogP contribution in [0.3, 0.4) is 0 Å². The van der Waals surface area contributed by atoms with Crippen LogP contribution in [0.1, 0.15) is 48.0 Å². The van der Waals surface area contributed by atoms with Crippen LogP contribution in [-0.4, -0.2) is 40.1 Å². The average molecular weight is 395 g/mol. The molecule has 5 atom stereocenters. The average Bonchev–Trinajstić information content (AvgIpc) is 3.12. The van der Waals surface area contributed by atoms with Gasteiger partial charge in [-0.1, -0.05) is 12.1 Å². The highest BCUT2D eigenvalue weighted by molar-refractivity contribution is 5.97. The Hall–Kier alpha value is -2.67. The smallest absolute Gasteiger partial charge is 0.257 e. The van der Waals surface area contributed by atoms with Gasteiger partial charge in [-0.15, -0.1) is 0 Å². The molecule has 2 amide bonds. The summed E-state index contributed by atoms with van der Waals surface area (Å²) in [5, 5.41) is 16.2. The number of carbonyl (C=O) groups is 2. The van der Waals surface area contributed by atoms with Crippen molar-refractivity contribution in [1.82, 2.24) is 15.6 Å². The second-order valence-corrected chi connectivity index (χ2v) is 8.86. The van der Waals surface area contributed by atoms with Crippen molar-refractivity contribution in [3.05, 3.63) is 45.7 Å². The number of H-pyrrole nitrogens is 1. The fourth-order valence-corrected chi connectivity index (χ4v) is 5.22. The van der Waals surface area contributed by atoms with E-state index >= 15 is 0 Å². The molecule has 1 aromatic heterocycles. The van der Waals surface area contributed by atoms with Crippen LogP contribution in [0.25, 0.3) is 10.9 Å². The number of amides is 2. The van der Waals surface area contributed by atoms with E-state index in [-0.39, 0.29) is 46.4 Å². The molecule has 1 aromatic carbocycles. The molecular weight excluding hydrogens is 370 g/mol. The first-order valence-electron chi connectivity index (χ1n) is 10.3. The molecule has 2 aromatic rings. The van der Waals surface area contributed by atoms with Crippen LogP contribution >= 0.6 is 0 Å². The third kappa shape index (κ3) is 2.79. The maximum atomic E-state index is 12.8. The molecule has 29 heavy (non-hydrogen) atoms. The Morgan fingerprint density at radius 1 is 1.17 bits per heavy atom. The van der Waals surface area contributed by atoms with Crippen LogP contribution in [0.2, 0.25) is 0 Å². The number of pyridine rings is 1. The molecule has 7 nitrogen and oxygen atoms in total. The number of aryl methyl sites for hydroxylation is 1. The quantitative estimate of drug-likeness (QED) is 0.627. The SMILES string of the molecule is Cc1cccc2c(=O)c(C(=O)N[C@@H]3CCC[C@@H]3NC(=O)[C@@]34C[C@@H](O)[C@@H]3C4)c[nH]c12. The number of rotatable bonds is 4. The Labute approximate surface area is 167 Å². The van der Waals surface area contributed by atoms with Crippen molar-refractivity contribution in [2.24, 2.45) is 11.3 Å². The lowest BCUT2D eigenvalue weighted by atomic mass is 9.81. The molecule has 4 N–H and O–H groups in total. The van der Waals surface area contributed by atoms with Gasteiger partial charge in [0.1, 0.15) is 5.56 Å². The van der Waals surface area contributed by atoms with Crippen LogP contribution in [0.5, 0.6) is 0 Å². The molecule has 1 heterocycles. The van der Waals surface area contributed by atoms with Crippen molar-refractivity contribution in [1.29, 1.82) is 0 Å². The summed E-state index contributed by atoms with van der Waals surface area (Å²) in [7, 11) is 0. The monoisotopic (exact) mass is 395 g/mol. The molecule has 3 saturated carbocycles. The molecule has 3 aliphatic carbocycles. The maximum absolute atomic E-state index is 12.8. The number of aromatic nitrogens is 1. The number of hydrogen-bond donors (Lipinski definition) is 4. The second-order valence-electron chi connectivity index (χ2n) is 8.86. The molecule has 5 rings (SSSR count). The maximum Gasteiger partial charge on any atom is 0.257 e. The Kier molecular flexibility index (Phi) is 4.07. The first kappa shape index (κ1) is 18.4. The van der Waals surface area contributed by atoms with E-state index in [4.69, 9.17) is 0 Å². The van der Waals surface area contributed by atoms with E-state index in [9.17, 15) is 19.5 Å². The Morgan fingerprint density at radius 2 is 1.93 bits per heavy atom. The molecule has 0 saturated heterocycles. The zero-order valence-corrected chi connectivity index (χ0v) is 16.3. The molecule has 0 aliphatic heterocycles. The second kappa shape index (κ2) is 6.42. The number of para-hydroxylation sites is 1. The van der Waals surface area contributed by atoms with E-state index in [1.165, 1.54) is 6.20 Å². The highest BCUT2D eigenvalue weighted by Gasteiger charge is 2.71. The highest BCUT2D eigenvalue weighted by Crippen LogP contribution is 2.67. The topological polar surface area (TPSA) is 111 Å². The first-order chi connectivity index (χ1) is 13.9. The molecule has 0 unspecified atom stereocenters. The minimum absolute atomic E-state index is 0.00187. The summed E-state index contributed by atoms with van der Waals surface area (Å²) in [5.41, 5.74) is 1.11. The number of benzene rings is 1. The normalized spacial score (nSPS) is 32.3. The summed E-state index contributed by atoms with van der Waals surface area (Å²) in [5.74, 6) is -0.308. The van der Waals surface area contributed by atoms with Crippen LogP contribution in [0.15, 0.2) is 29.2 Å². The molecule has 152 valence electrons. The van der Waals surface area contributed by atoms with Crippen molar-refractivity contribution in [2.45, 2.75) is 57.2 Å². The van der Waals surface area contributed by atoms with Gasteiger partial charge >= 0.3 is 0 Å². The lowest BCUT2D eigenvalue weighted by Gasteiger charge is -2.32. The Morgan fingerprint density at radius 3 is 2.62 bits per heavy atom. The third-order valence-corrected chi connectivity index (χ3v) is 7.14. The fourth-order valence-electron chi connectivity index (χ4n) is 5.22. The standard InChI is InChI=1S/C22H25N3O4/c1-11-4-2-5-12-18(11)23-10-13(19(12)27)20(28)24-15-6-3-7-16(15)25-21(29)22-8-14(22)17(26)9-22/h2,4-5,10,14-17,26H,3,6-9H2,1H3,(H,23,27)(H,24,28)(H,25,29)/t14-,15+,16-,17+,22-/m0/s1. The lowest BCUT2D eigenvalue weighted by Crippen LogP contribution is -2.53.